The van der Waals surface area contributed by atoms with Gasteiger partial charge in [0.2, 0.25) is 0 Å². The van der Waals surface area contributed by atoms with Crippen molar-refractivity contribution in [1.29, 1.82) is 0 Å². The SMILES string of the molecule is COc1ccc2c(CCN(C)C)cn(S(=O)(=O)OCC(C)(C)C(=O)OC3CCOC3)c2c1. The van der Waals surface area contributed by atoms with Gasteiger partial charge in [0, 0.05) is 30.6 Å². The van der Waals surface area contributed by atoms with Crippen LogP contribution in [0.3, 0.4) is 0 Å². The molecular weight excluding hydrogens is 436 g/mol. The van der Waals surface area contributed by atoms with Crippen LogP contribution in [0.15, 0.2) is 24.4 Å². The lowest BCUT2D eigenvalue weighted by atomic mass is 9.95. The van der Waals surface area contributed by atoms with E-state index in [0.29, 0.717) is 37.3 Å². The lowest BCUT2D eigenvalue weighted by Crippen LogP contribution is -2.36. The van der Waals surface area contributed by atoms with Crippen molar-refractivity contribution in [3.05, 3.63) is 30.0 Å². The van der Waals surface area contributed by atoms with Crippen molar-refractivity contribution in [3.8, 4) is 5.75 Å². The maximum atomic E-state index is 13.1. The number of ether oxygens (including phenoxy) is 3. The highest BCUT2D eigenvalue weighted by Gasteiger charge is 2.35. The number of esters is 1. The Balaban J connectivity index is 1.83. The van der Waals surface area contributed by atoms with Crippen LogP contribution in [0, 0.1) is 5.41 Å². The number of benzene rings is 1. The minimum absolute atomic E-state index is 0.307. The maximum Gasteiger partial charge on any atom is 0.366 e. The van der Waals surface area contributed by atoms with E-state index in [1.54, 1.807) is 32.2 Å². The smallest absolute Gasteiger partial charge is 0.366 e. The molecule has 178 valence electrons. The van der Waals surface area contributed by atoms with Gasteiger partial charge in [-0.15, -0.1) is 0 Å². The van der Waals surface area contributed by atoms with E-state index in [4.69, 9.17) is 18.4 Å². The highest BCUT2D eigenvalue weighted by molar-refractivity contribution is 7.85. The summed E-state index contributed by atoms with van der Waals surface area (Å²) in [5.41, 5.74) is 0.189. The number of hydrogen-bond donors (Lipinski definition) is 0. The summed E-state index contributed by atoms with van der Waals surface area (Å²) >= 11 is 0. The minimum atomic E-state index is -4.21. The summed E-state index contributed by atoms with van der Waals surface area (Å²) in [7, 11) is 1.23. The Morgan fingerprint density at radius 3 is 2.69 bits per heavy atom. The van der Waals surface area contributed by atoms with Gasteiger partial charge in [-0.1, -0.05) is 0 Å². The van der Waals surface area contributed by atoms with Crippen LogP contribution in [0.2, 0.25) is 0 Å². The number of rotatable bonds is 10. The Kier molecular flexibility index (Phi) is 7.49. The summed E-state index contributed by atoms with van der Waals surface area (Å²) in [5.74, 6) is 0.0165. The lowest BCUT2D eigenvalue weighted by Gasteiger charge is -2.24. The van der Waals surface area contributed by atoms with Gasteiger partial charge < -0.3 is 19.1 Å². The van der Waals surface area contributed by atoms with Gasteiger partial charge in [-0.25, -0.2) is 3.97 Å². The minimum Gasteiger partial charge on any atom is -0.497 e. The molecule has 3 rings (SSSR count). The number of hydrogen-bond acceptors (Lipinski definition) is 8. The number of aromatic nitrogens is 1. The average molecular weight is 469 g/mol. The molecule has 2 aromatic rings. The standard InChI is InChI=1S/C22H32N2O7S/c1-22(2,21(25)31-18-9-11-29-14-18)15-30-32(26,27)24-13-16(8-10-23(3)4)19-7-6-17(28-5)12-20(19)24/h6-7,12-13,18H,8-11,14-15H2,1-5H3. The predicted molar refractivity (Wildman–Crippen MR) is 120 cm³/mol. The number of likely N-dealkylation sites (N-methyl/N-ethyl adjacent to an activating group) is 1. The Bertz CT molecular complexity index is 1050. The molecule has 0 N–H and O–H groups in total. The van der Waals surface area contributed by atoms with E-state index in [2.05, 4.69) is 0 Å². The molecule has 32 heavy (non-hydrogen) atoms. The molecule has 1 fully saturated rings. The topological polar surface area (TPSA) is 96.3 Å². The van der Waals surface area contributed by atoms with Crippen molar-refractivity contribution < 1.29 is 31.6 Å². The van der Waals surface area contributed by atoms with Gasteiger partial charge in [-0.05, 0) is 52.1 Å². The van der Waals surface area contributed by atoms with Gasteiger partial charge >= 0.3 is 16.3 Å². The zero-order chi connectivity index (χ0) is 23.5. The van der Waals surface area contributed by atoms with Gasteiger partial charge in [0.15, 0.2) is 0 Å². The lowest BCUT2D eigenvalue weighted by molar-refractivity contribution is -0.161. The van der Waals surface area contributed by atoms with E-state index in [9.17, 15) is 13.2 Å². The third-order valence-electron chi connectivity index (χ3n) is 5.41. The van der Waals surface area contributed by atoms with Gasteiger partial charge in [-0.2, -0.15) is 8.42 Å². The molecule has 0 amide bonds. The Morgan fingerprint density at radius 2 is 2.06 bits per heavy atom. The zero-order valence-corrected chi connectivity index (χ0v) is 20.1. The fourth-order valence-corrected chi connectivity index (χ4v) is 4.56. The van der Waals surface area contributed by atoms with Crippen molar-refractivity contribution >= 4 is 27.2 Å². The number of nitrogens with zero attached hydrogens (tertiary/aromatic N) is 2. The van der Waals surface area contributed by atoms with E-state index in [1.165, 1.54) is 7.11 Å². The fraction of sp³-hybridized carbons (Fsp3) is 0.591. The van der Waals surface area contributed by atoms with Crippen molar-refractivity contribution in [1.82, 2.24) is 8.87 Å². The molecule has 10 heteroatoms. The van der Waals surface area contributed by atoms with Crippen LogP contribution < -0.4 is 4.74 Å². The summed E-state index contributed by atoms with van der Waals surface area (Å²) in [6, 6.07) is 5.30. The number of carbonyl (C=O) groups is 1. The van der Waals surface area contributed by atoms with Crippen LogP contribution in [0.25, 0.3) is 10.9 Å². The molecule has 0 bridgehead atoms. The van der Waals surface area contributed by atoms with Crippen molar-refractivity contribution in [3.63, 3.8) is 0 Å². The van der Waals surface area contributed by atoms with Crippen LogP contribution in [0.1, 0.15) is 25.8 Å². The second-order valence-corrected chi connectivity index (χ2v) is 10.4. The Labute approximate surface area is 189 Å². The second kappa shape index (κ2) is 9.78. The van der Waals surface area contributed by atoms with E-state index in [0.717, 1.165) is 21.5 Å². The van der Waals surface area contributed by atoms with Crippen molar-refractivity contribution in [2.45, 2.75) is 32.8 Å². The highest BCUT2D eigenvalue weighted by Crippen LogP contribution is 2.29. The highest BCUT2D eigenvalue weighted by atomic mass is 32.2. The first kappa shape index (κ1) is 24.5. The van der Waals surface area contributed by atoms with Crippen LogP contribution in [-0.4, -0.2) is 76.9 Å². The molecular formula is C22H32N2O7S. The van der Waals surface area contributed by atoms with Gasteiger partial charge in [0.25, 0.3) is 0 Å². The molecule has 1 aliphatic heterocycles. The summed E-state index contributed by atoms with van der Waals surface area (Å²) in [5, 5.41) is 0.805. The fourth-order valence-electron chi connectivity index (χ4n) is 3.36. The first-order chi connectivity index (χ1) is 15.0. The number of carbonyl (C=O) groups excluding carboxylic acids is 1. The normalized spacial score (nSPS) is 17.2. The van der Waals surface area contributed by atoms with E-state index in [-0.39, 0.29) is 12.7 Å². The van der Waals surface area contributed by atoms with Crippen molar-refractivity contribution in [2.75, 3.05) is 47.6 Å². The largest absolute Gasteiger partial charge is 0.497 e. The van der Waals surface area contributed by atoms with Gasteiger partial charge in [0.1, 0.15) is 11.9 Å². The van der Waals surface area contributed by atoms with Gasteiger partial charge in [-0.3, -0.25) is 8.98 Å². The molecule has 1 unspecified atom stereocenters. The quantitative estimate of drug-likeness (QED) is 0.490. The number of fused-ring (bicyclic) bond motifs is 1. The number of methoxy groups -OCH3 is 1. The molecule has 0 saturated carbocycles. The molecule has 1 atom stereocenters. The van der Waals surface area contributed by atoms with Gasteiger partial charge in [0.05, 0.1) is 37.9 Å². The second-order valence-electron chi connectivity index (χ2n) is 8.88. The average Bonchev–Trinajstić information content (AvgIpc) is 3.38. The summed E-state index contributed by atoms with van der Waals surface area (Å²) in [4.78, 5) is 14.6. The first-order valence-corrected chi connectivity index (χ1v) is 11.9. The molecule has 0 aliphatic carbocycles. The molecule has 1 aromatic heterocycles. The Hall–Kier alpha value is -2.14. The molecule has 1 saturated heterocycles. The van der Waals surface area contributed by atoms with Crippen LogP contribution in [0.5, 0.6) is 5.75 Å². The molecule has 1 aromatic carbocycles. The van der Waals surface area contributed by atoms with Crippen molar-refractivity contribution in [2.24, 2.45) is 5.41 Å². The Morgan fingerprint density at radius 1 is 1.31 bits per heavy atom. The third kappa shape index (κ3) is 5.61. The predicted octanol–water partition coefficient (Wildman–Crippen LogP) is 2.22. The molecule has 1 aliphatic rings. The summed E-state index contributed by atoms with van der Waals surface area (Å²) in [6.45, 7) is 4.51. The van der Waals surface area contributed by atoms with E-state index in [1.807, 2.05) is 25.1 Å². The third-order valence-corrected chi connectivity index (χ3v) is 6.61. The zero-order valence-electron chi connectivity index (χ0n) is 19.3. The molecule has 9 nitrogen and oxygen atoms in total. The summed E-state index contributed by atoms with van der Waals surface area (Å²) < 4.78 is 48.6. The monoisotopic (exact) mass is 468 g/mol. The van der Waals surface area contributed by atoms with E-state index < -0.39 is 21.7 Å². The van der Waals surface area contributed by atoms with Crippen LogP contribution in [-0.2, 0) is 35.2 Å². The molecule has 0 radical (unpaired) electrons. The van der Waals surface area contributed by atoms with Crippen LogP contribution in [0.4, 0.5) is 0 Å². The first-order valence-electron chi connectivity index (χ1n) is 10.5. The molecule has 2 heterocycles. The molecule has 0 spiro atoms. The summed E-state index contributed by atoms with van der Waals surface area (Å²) in [6.07, 6.45) is 2.57. The van der Waals surface area contributed by atoms with Crippen LogP contribution >= 0.6 is 0 Å². The van der Waals surface area contributed by atoms with E-state index >= 15 is 0 Å². The maximum absolute atomic E-state index is 13.1.